The maximum Gasteiger partial charge on any atom is 0.266 e. The van der Waals surface area contributed by atoms with Gasteiger partial charge in [-0.2, -0.15) is 0 Å². The first-order valence-corrected chi connectivity index (χ1v) is 14.1. The van der Waals surface area contributed by atoms with Gasteiger partial charge in [-0.1, -0.05) is 24.3 Å². The van der Waals surface area contributed by atoms with Crippen molar-refractivity contribution in [3.63, 3.8) is 0 Å². The van der Waals surface area contributed by atoms with Gasteiger partial charge >= 0.3 is 0 Å². The van der Waals surface area contributed by atoms with Crippen molar-refractivity contribution in [2.45, 2.75) is 32.8 Å². The fourth-order valence-electron chi connectivity index (χ4n) is 4.69. The molecular weight excluding hydrogens is 513 g/mol. The fourth-order valence-corrected chi connectivity index (χ4v) is 5.75. The van der Waals surface area contributed by atoms with Crippen molar-refractivity contribution in [2.24, 2.45) is 4.99 Å². The smallest absolute Gasteiger partial charge is 0.266 e. The van der Waals surface area contributed by atoms with Gasteiger partial charge in [-0.05, 0) is 92.1 Å². The molecule has 0 bridgehead atoms. The zero-order chi connectivity index (χ0) is 27.2. The molecule has 2 aliphatic heterocycles. The van der Waals surface area contributed by atoms with E-state index in [0.717, 1.165) is 24.3 Å². The van der Waals surface area contributed by atoms with Crippen molar-refractivity contribution in [3.8, 4) is 11.5 Å². The number of anilines is 1. The molecule has 0 unspecified atom stereocenters. The van der Waals surface area contributed by atoms with E-state index in [2.05, 4.69) is 17.0 Å². The van der Waals surface area contributed by atoms with Gasteiger partial charge in [0.15, 0.2) is 16.7 Å². The molecule has 0 atom stereocenters. The summed E-state index contributed by atoms with van der Waals surface area (Å²) in [6.45, 7) is 4.75. The molecule has 0 N–H and O–H groups in total. The second-order valence-electron chi connectivity index (χ2n) is 9.41. The minimum Gasteiger partial charge on any atom is -0.493 e. The van der Waals surface area contributed by atoms with Crippen LogP contribution in [-0.2, 0) is 11.4 Å². The highest BCUT2D eigenvalue weighted by molar-refractivity contribution is 8.18. The SMILES string of the molecule is CCN1C(=O)/C(=C/c2ccc(OCc3ccccc3F)c(OC)c2)SC1=Nc1ccc(N2CCCCC2)cc1. The molecule has 202 valence electrons. The second kappa shape index (κ2) is 12.4. The Morgan fingerprint density at radius 3 is 2.49 bits per heavy atom. The number of thioether (sulfide) groups is 1. The average Bonchev–Trinajstić information content (AvgIpc) is 3.26. The lowest BCUT2D eigenvalue weighted by atomic mass is 10.1. The highest BCUT2D eigenvalue weighted by atomic mass is 32.2. The van der Waals surface area contributed by atoms with Gasteiger partial charge in [0, 0.05) is 30.9 Å². The number of ether oxygens (including phenoxy) is 2. The van der Waals surface area contributed by atoms with Crippen LogP contribution in [0.2, 0.25) is 0 Å². The highest BCUT2D eigenvalue weighted by Crippen LogP contribution is 2.36. The van der Waals surface area contributed by atoms with Crippen LogP contribution in [0, 0.1) is 5.82 Å². The standard InChI is InChI=1S/C31H32FN3O3S/c1-3-35-30(36)29(39-31(35)33-24-12-14-25(15-13-24)34-17-7-4-8-18-34)20-22-11-16-27(28(19-22)37-2)38-21-23-9-5-6-10-26(23)32/h5-6,9-16,19-20H,3-4,7-8,17-18,21H2,1-2H3/b29-20-,33-31?. The molecule has 0 saturated carbocycles. The van der Waals surface area contributed by atoms with E-state index in [1.807, 2.05) is 37.3 Å². The summed E-state index contributed by atoms with van der Waals surface area (Å²) in [5.41, 5.74) is 3.30. The third-order valence-electron chi connectivity index (χ3n) is 6.83. The number of methoxy groups -OCH3 is 1. The molecule has 2 aliphatic rings. The normalized spacial score (nSPS) is 17.8. The molecule has 0 spiro atoms. The lowest BCUT2D eigenvalue weighted by Crippen LogP contribution is -2.29. The quantitative estimate of drug-likeness (QED) is 0.285. The van der Waals surface area contributed by atoms with Gasteiger partial charge in [-0.15, -0.1) is 0 Å². The van der Waals surface area contributed by atoms with Gasteiger partial charge in [0.1, 0.15) is 12.4 Å². The third kappa shape index (κ3) is 6.28. The molecule has 0 aliphatic carbocycles. The lowest BCUT2D eigenvalue weighted by molar-refractivity contribution is -0.122. The molecule has 3 aromatic rings. The number of aliphatic imine (C=N–C) groups is 1. The van der Waals surface area contributed by atoms with Crippen LogP contribution in [0.25, 0.3) is 6.08 Å². The fraction of sp³-hybridized carbons (Fsp3) is 0.290. The number of rotatable bonds is 8. The van der Waals surface area contributed by atoms with Gasteiger partial charge in [0.25, 0.3) is 5.91 Å². The molecule has 5 rings (SSSR count). The minimum absolute atomic E-state index is 0.0787. The van der Waals surface area contributed by atoms with Crippen molar-refractivity contribution < 1.29 is 18.7 Å². The van der Waals surface area contributed by atoms with E-state index in [4.69, 9.17) is 14.5 Å². The van der Waals surface area contributed by atoms with E-state index < -0.39 is 0 Å². The number of carbonyl (C=O) groups is 1. The Balaban J connectivity index is 1.31. The van der Waals surface area contributed by atoms with Gasteiger partial charge in [0.05, 0.1) is 17.7 Å². The highest BCUT2D eigenvalue weighted by Gasteiger charge is 2.32. The first-order valence-electron chi connectivity index (χ1n) is 13.2. The summed E-state index contributed by atoms with van der Waals surface area (Å²) in [5, 5.41) is 0.663. The number of piperidine rings is 1. The van der Waals surface area contributed by atoms with E-state index in [1.165, 1.54) is 42.8 Å². The molecule has 6 nitrogen and oxygen atoms in total. The monoisotopic (exact) mass is 545 g/mol. The Morgan fingerprint density at radius 1 is 1.00 bits per heavy atom. The van der Waals surface area contributed by atoms with E-state index in [9.17, 15) is 9.18 Å². The number of carbonyl (C=O) groups excluding carboxylic acids is 1. The van der Waals surface area contributed by atoms with Gasteiger partial charge in [-0.25, -0.2) is 9.38 Å². The van der Waals surface area contributed by atoms with Crippen LogP contribution in [0.3, 0.4) is 0 Å². The summed E-state index contributed by atoms with van der Waals surface area (Å²) in [6.07, 6.45) is 5.61. The molecule has 2 heterocycles. The van der Waals surface area contributed by atoms with Crippen LogP contribution in [-0.4, -0.2) is 42.7 Å². The van der Waals surface area contributed by atoms with E-state index >= 15 is 0 Å². The van der Waals surface area contributed by atoms with Crippen LogP contribution < -0.4 is 14.4 Å². The number of nitrogens with zero attached hydrogens (tertiary/aromatic N) is 3. The topological polar surface area (TPSA) is 54.4 Å². The van der Waals surface area contributed by atoms with Crippen LogP contribution >= 0.6 is 11.8 Å². The average molecular weight is 546 g/mol. The second-order valence-corrected chi connectivity index (χ2v) is 10.4. The maximum atomic E-state index is 14.0. The summed E-state index contributed by atoms with van der Waals surface area (Å²) in [6, 6.07) is 20.2. The Hall–Kier alpha value is -3.78. The molecule has 8 heteroatoms. The number of halogens is 1. The number of likely N-dealkylation sites (N-methyl/N-ethyl adjacent to an activating group) is 1. The molecule has 39 heavy (non-hydrogen) atoms. The zero-order valence-corrected chi connectivity index (χ0v) is 23.0. The van der Waals surface area contributed by atoms with Gasteiger partial charge < -0.3 is 14.4 Å². The van der Waals surface area contributed by atoms with Crippen LogP contribution in [0.15, 0.2) is 76.6 Å². The summed E-state index contributed by atoms with van der Waals surface area (Å²) in [4.78, 5) is 22.7. The number of amides is 1. The van der Waals surface area contributed by atoms with Crippen LogP contribution in [0.4, 0.5) is 15.8 Å². The molecule has 0 radical (unpaired) electrons. The first-order chi connectivity index (χ1) is 19.1. The predicted molar refractivity (Wildman–Crippen MR) is 156 cm³/mol. The Morgan fingerprint density at radius 2 is 1.77 bits per heavy atom. The number of amidine groups is 1. The van der Waals surface area contributed by atoms with Crippen molar-refractivity contribution in [1.82, 2.24) is 4.90 Å². The summed E-state index contributed by atoms with van der Waals surface area (Å²) in [5.74, 6) is 0.612. The first kappa shape index (κ1) is 26.8. The molecule has 2 saturated heterocycles. The number of hydrogen-bond acceptors (Lipinski definition) is 6. The predicted octanol–water partition coefficient (Wildman–Crippen LogP) is 7.03. The Labute approximate surface area is 233 Å². The lowest BCUT2D eigenvalue weighted by Gasteiger charge is -2.28. The molecule has 0 aromatic heterocycles. The van der Waals surface area contributed by atoms with Crippen molar-refractivity contribution in [3.05, 3.63) is 88.6 Å². The molecule has 2 fully saturated rings. The van der Waals surface area contributed by atoms with E-state index in [-0.39, 0.29) is 18.3 Å². The summed E-state index contributed by atoms with van der Waals surface area (Å²) < 4.78 is 25.3. The summed E-state index contributed by atoms with van der Waals surface area (Å²) in [7, 11) is 1.55. The molecule has 3 aromatic carbocycles. The van der Waals surface area contributed by atoms with E-state index in [0.29, 0.717) is 33.7 Å². The van der Waals surface area contributed by atoms with Crippen molar-refractivity contribution in [2.75, 3.05) is 31.6 Å². The third-order valence-corrected chi connectivity index (χ3v) is 7.83. The van der Waals surface area contributed by atoms with Gasteiger partial charge in [-0.3, -0.25) is 9.69 Å². The number of hydrogen-bond donors (Lipinski definition) is 0. The zero-order valence-electron chi connectivity index (χ0n) is 22.2. The Kier molecular flexibility index (Phi) is 8.51. The van der Waals surface area contributed by atoms with Gasteiger partial charge in [0.2, 0.25) is 0 Å². The summed E-state index contributed by atoms with van der Waals surface area (Å²) >= 11 is 1.36. The molecular formula is C31H32FN3O3S. The van der Waals surface area contributed by atoms with Crippen LogP contribution in [0.1, 0.15) is 37.3 Å². The Bertz CT molecular complexity index is 1380. The largest absolute Gasteiger partial charge is 0.493 e. The van der Waals surface area contributed by atoms with Crippen LogP contribution in [0.5, 0.6) is 11.5 Å². The van der Waals surface area contributed by atoms with Crippen molar-refractivity contribution >= 4 is 40.3 Å². The number of benzene rings is 3. The maximum absolute atomic E-state index is 14.0. The minimum atomic E-state index is -0.314. The van der Waals surface area contributed by atoms with Crippen molar-refractivity contribution in [1.29, 1.82) is 0 Å². The molecule has 1 amide bonds. The van der Waals surface area contributed by atoms with E-state index in [1.54, 1.807) is 36.3 Å².